The first-order valence-electron chi connectivity index (χ1n) is 24.0. The lowest BCUT2D eigenvalue weighted by molar-refractivity contribution is -0.122. The minimum absolute atomic E-state index is 0.0441. The highest BCUT2D eigenvalue weighted by Crippen LogP contribution is 2.25. The molecule has 0 aromatic heterocycles. The zero-order chi connectivity index (χ0) is 44.8. The van der Waals surface area contributed by atoms with Crippen molar-refractivity contribution in [1.29, 1.82) is 0 Å². The molecule has 362 valence electrons. The first kappa shape index (κ1) is 60.4. The Balaban J connectivity index is 3.10. The molecule has 0 aliphatic rings. The molecule has 2 N–H and O–H groups in total. The van der Waals surface area contributed by atoms with Crippen molar-refractivity contribution in [3.05, 3.63) is 0 Å². The van der Waals surface area contributed by atoms with Crippen molar-refractivity contribution in [2.45, 2.75) is 141 Å². The molecule has 62 heavy (non-hydrogen) atoms. The molecule has 0 aromatic carbocycles. The largest absolute Gasteiger partial charge is 0.379 e. The molecular weight excluding hydrogens is 829 g/mol. The van der Waals surface area contributed by atoms with Gasteiger partial charge in [0.25, 0.3) is 0 Å². The number of unbranched alkanes of at least 4 members (excludes halogenated alkanes) is 16. The minimum atomic E-state index is -0.0441. The molecule has 0 saturated carbocycles. The molecule has 0 unspecified atom stereocenters. The lowest BCUT2D eigenvalue weighted by Gasteiger charge is -2.08. The summed E-state index contributed by atoms with van der Waals surface area (Å²) in [6.07, 6.45) is 35.7. The van der Waals surface area contributed by atoms with Gasteiger partial charge in [-0.15, -0.1) is 24.7 Å². The highest BCUT2D eigenvalue weighted by Gasteiger charge is 2.01. The van der Waals surface area contributed by atoms with Crippen LogP contribution in [0, 0.1) is 24.7 Å². The highest BCUT2D eigenvalue weighted by molar-refractivity contribution is 8.76. The van der Waals surface area contributed by atoms with Crippen LogP contribution in [0.3, 0.4) is 0 Å². The molecule has 2 amide bonds. The van der Waals surface area contributed by atoms with E-state index in [-0.39, 0.29) is 11.8 Å². The average molecular weight is 917 g/mol. The second-order valence-electron chi connectivity index (χ2n) is 15.0. The molecule has 0 aliphatic carbocycles. The van der Waals surface area contributed by atoms with Gasteiger partial charge in [-0.05, 0) is 25.7 Å². The second-order valence-corrected chi connectivity index (χ2v) is 17.7. The standard InChI is InChI=1S/C48H88N2O10S2/c1-3-5-25-47(51)49-27-31-55-35-39-59-43-41-57-37-33-53-29-21-17-13-9-7-11-15-19-23-45-61-62-46-24-20-16-12-8-10-14-18-22-30-54-34-38-58-42-44-60-40-36-56-32-28-50-48(52)26-6-4-2/h1-2H,5-46H2,(H,49,51)(H,50,52). The number of amides is 2. The minimum Gasteiger partial charge on any atom is -0.379 e. The monoisotopic (exact) mass is 917 g/mol. The van der Waals surface area contributed by atoms with E-state index in [9.17, 15) is 9.59 Å². The summed E-state index contributed by atoms with van der Waals surface area (Å²) in [5, 5.41) is 5.52. The normalized spacial score (nSPS) is 11.1. The summed E-state index contributed by atoms with van der Waals surface area (Å²) in [5.41, 5.74) is 0. The quantitative estimate of drug-likeness (QED) is 0.0344. The van der Waals surface area contributed by atoms with Gasteiger partial charge in [0.2, 0.25) is 11.8 Å². The molecule has 0 radical (unpaired) electrons. The molecule has 0 saturated heterocycles. The molecule has 0 aromatic rings. The summed E-state index contributed by atoms with van der Waals surface area (Å²) >= 11 is 0. The number of ether oxygens (including phenoxy) is 8. The molecule has 0 aliphatic heterocycles. The Morgan fingerprint density at radius 3 is 0.871 bits per heavy atom. The van der Waals surface area contributed by atoms with Gasteiger partial charge in [-0.2, -0.15) is 0 Å². The summed E-state index contributed by atoms with van der Waals surface area (Å²) in [5.74, 6) is 7.41. The number of hydrogen-bond acceptors (Lipinski definition) is 12. The zero-order valence-electron chi connectivity index (χ0n) is 38.8. The third-order valence-corrected chi connectivity index (χ3v) is 12.1. The molecule has 0 bridgehead atoms. The van der Waals surface area contributed by atoms with Crippen LogP contribution in [0.2, 0.25) is 0 Å². The Kier molecular flexibility index (Phi) is 54.2. The van der Waals surface area contributed by atoms with E-state index in [1.165, 1.54) is 114 Å². The summed E-state index contributed by atoms with van der Waals surface area (Å²) < 4.78 is 44.3. The molecule has 0 spiro atoms. The maximum Gasteiger partial charge on any atom is 0.221 e. The smallest absolute Gasteiger partial charge is 0.221 e. The number of terminal acetylenes is 2. The van der Waals surface area contributed by atoms with E-state index >= 15 is 0 Å². The van der Waals surface area contributed by atoms with Gasteiger partial charge in [-0.1, -0.05) is 111 Å². The van der Waals surface area contributed by atoms with Gasteiger partial charge in [-0.25, -0.2) is 0 Å². The van der Waals surface area contributed by atoms with Crippen LogP contribution in [-0.4, -0.2) is 142 Å². The zero-order valence-corrected chi connectivity index (χ0v) is 40.4. The van der Waals surface area contributed by atoms with E-state index < -0.39 is 0 Å². The van der Waals surface area contributed by atoms with Crippen LogP contribution >= 0.6 is 21.6 Å². The van der Waals surface area contributed by atoms with Crippen molar-refractivity contribution in [3.8, 4) is 24.7 Å². The van der Waals surface area contributed by atoms with Crippen molar-refractivity contribution in [1.82, 2.24) is 10.6 Å². The van der Waals surface area contributed by atoms with Crippen LogP contribution in [0.1, 0.15) is 141 Å². The fourth-order valence-corrected chi connectivity index (χ4v) is 8.21. The van der Waals surface area contributed by atoms with Gasteiger partial charge in [-0.3, -0.25) is 9.59 Å². The van der Waals surface area contributed by atoms with Crippen LogP contribution < -0.4 is 10.6 Å². The Labute approximate surface area is 386 Å². The molecule has 0 rings (SSSR count). The number of rotatable bonds is 53. The van der Waals surface area contributed by atoms with E-state index in [2.05, 4.69) is 44.1 Å². The summed E-state index contributed by atoms with van der Waals surface area (Å²) in [6.45, 7) is 10.1. The lowest BCUT2D eigenvalue weighted by atomic mass is 10.1. The predicted octanol–water partition coefficient (Wildman–Crippen LogP) is 8.58. The van der Waals surface area contributed by atoms with Crippen molar-refractivity contribution in [2.24, 2.45) is 0 Å². The maximum absolute atomic E-state index is 11.4. The molecular formula is C48H88N2O10S2. The van der Waals surface area contributed by atoms with Crippen molar-refractivity contribution in [3.63, 3.8) is 0 Å². The number of carbonyl (C=O) groups is 2. The van der Waals surface area contributed by atoms with E-state index in [0.717, 1.165) is 26.1 Å². The Hall–Kier alpha value is -1.56. The highest BCUT2D eigenvalue weighted by atomic mass is 33.1. The average Bonchev–Trinajstić information content (AvgIpc) is 3.28. The SMILES string of the molecule is C#CCCC(=O)NCCOCCOCCOCCOCCCCCCCCCCCSSCCCCCCCCCCCOCCOCCOCCOCCNC(=O)CCC#C. The van der Waals surface area contributed by atoms with Gasteiger partial charge < -0.3 is 48.5 Å². The molecule has 0 atom stereocenters. The number of carbonyl (C=O) groups excluding carboxylic acids is 2. The van der Waals surface area contributed by atoms with Crippen molar-refractivity contribution < 1.29 is 47.5 Å². The van der Waals surface area contributed by atoms with Crippen LogP contribution in [0.25, 0.3) is 0 Å². The number of hydrogen-bond donors (Lipinski definition) is 2. The first-order valence-corrected chi connectivity index (χ1v) is 26.5. The van der Waals surface area contributed by atoms with E-state index in [4.69, 9.17) is 50.7 Å². The van der Waals surface area contributed by atoms with Crippen LogP contribution in [0.15, 0.2) is 0 Å². The Morgan fingerprint density at radius 1 is 0.339 bits per heavy atom. The van der Waals surface area contributed by atoms with E-state index in [1.807, 2.05) is 0 Å². The van der Waals surface area contributed by atoms with Gasteiger partial charge in [0.15, 0.2) is 0 Å². The topological polar surface area (TPSA) is 132 Å². The van der Waals surface area contributed by atoms with Crippen molar-refractivity contribution >= 4 is 33.4 Å². The molecule has 14 heteroatoms. The fraction of sp³-hybridized carbons (Fsp3) is 0.875. The van der Waals surface area contributed by atoms with Gasteiger partial charge in [0, 0.05) is 63.5 Å². The third kappa shape index (κ3) is 54.6. The van der Waals surface area contributed by atoms with Crippen LogP contribution in [0.5, 0.6) is 0 Å². The third-order valence-electron chi connectivity index (χ3n) is 9.48. The Bertz CT molecular complexity index is 939. The molecule has 0 heterocycles. The van der Waals surface area contributed by atoms with Gasteiger partial charge >= 0.3 is 0 Å². The van der Waals surface area contributed by atoms with Crippen LogP contribution in [0.4, 0.5) is 0 Å². The van der Waals surface area contributed by atoms with Gasteiger partial charge in [0.05, 0.1) is 92.5 Å². The van der Waals surface area contributed by atoms with Crippen molar-refractivity contribution in [2.75, 3.05) is 130 Å². The predicted molar refractivity (Wildman–Crippen MR) is 257 cm³/mol. The Morgan fingerprint density at radius 2 is 0.581 bits per heavy atom. The van der Waals surface area contributed by atoms with E-state index in [0.29, 0.717) is 131 Å². The second kappa shape index (κ2) is 55.6. The summed E-state index contributed by atoms with van der Waals surface area (Å²) in [4.78, 5) is 22.8. The molecule has 12 nitrogen and oxygen atoms in total. The summed E-state index contributed by atoms with van der Waals surface area (Å²) in [7, 11) is 4.16. The maximum atomic E-state index is 11.4. The fourth-order valence-electron chi connectivity index (χ4n) is 5.92. The first-order chi connectivity index (χ1) is 30.7. The summed E-state index contributed by atoms with van der Waals surface area (Å²) in [6, 6.07) is 0. The van der Waals surface area contributed by atoms with Crippen LogP contribution in [-0.2, 0) is 47.5 Å². The lowest BCUT2D eigenvalue weighted by Crippen LogP contribution is -2.27. The van der Waals surface area contributed by atoms with E-state index in [1.54, 1.807) is 0 Å². The number of nitrogens with one attached hydrogen (secondary N) is 2. The van der Waals surface area contributed by atoms with Gasteiger partial charge in [0.1, 0.15) is 0 Å². The molecule has 0 fully saturated rings.